The van der Waals surface area contributed by atoms with Gasteiger partial charge >= 0.3 is 6.18 Å². The van der Waals surface area contributed by atoms with Crippen LogP contribution in [0.25, 0.3) is 16.9 Å². The number of halogens is 3. The highest BCUT2D eigenvalue weighted by molar-refractivity contribution is 8.12. The Hall–Kier alpha value is -2.55. The molecule has 1 aliphatic carbocycles. The normalized spacial score (nSPS) is 14.8. The average molecular weight is 420 g/mol. The van der Waals surface area contributed by atoms with E-state index in [0.717, 1.165) is 59.1 Å². The summed E-state index contributed by atoms with van der Waals surface area (Å²) in [4.78, 5) is 22.3. The number of anilines is 1. The van der Waals surface area contributed by atoms with Crippen molar-refractivity contribution in [3.8, 4) is 5.69 Å². The van der Waals surface area contributed by atoms with Crippen LogP contribution in [-0.2, 0) is 11.0 Å². The van der Waals surface area contributed by atoms with Gasteiger partial charge in [-0.05, 0) is 43.2 Å². The molecule has 0 N–H and O–H groups in total. The molecule has 5 nitrogen and oxygen atoms in total. The number of carbonyl (C=O) groups is 1. The van der Waals surface area contributed by atoms with E-state index >= 15 is 0 Å². The lowest BCUT2D eigenvalue weighted by atomic mass is 9.85. The lowest BCUT2D eigenvalue weighted by Crippen LogP contribution is -2.16. The number of rotatable bonds is 5. The number of benzene rings is 1. The lowest BCUT2D eigenvalue weighted by molar-refractivity contribution is -0.141. The number of hydrogen-bond acceptors (Lipinski definition) is 5. The Morgan fingerprint density at radius 1 is 1.17 bits per heavy atom. The van der Waals surface area contributed by atoms with Crippen LogP contribution >= 0.6 is 11.8 Å². The van der Waals surface area contributed by atoms with Gasteiger partial charge in [-0.2, -0.15) is 13.2 Å². The molecule has 0 unspecified atom stereocenters. The molecule has 9 heteroatoms. The summed E-state index contributed by atoms with van der Waals surface area (Å²) in [6, 6.07) is 7.83. The molecule has 2 aromatic heterocycles. The van der Waals surface area contributed by atoms with Gasteiger partial charge in [0.2, 0.25) is 0 Å². The molecule has 0 amide bonds. The smallest absolute Gasteiger partial charge is 0.377 e. The van der Waals surface area contributed by atoms with Gasteiger partial charge in [-0.15, -0.1) is 0 Å². The maximum Gasteiger partial charge on any atom is 0.433 e. The summed E-state index contributed by atoms with van der Waals surface area (Å²) >= 11 is 1.03. The minimum Gasteiger partial charge on any atom is -0.377 e. The van der Waals surface area contributed by atoms with Gasteiger partial charge < -0.3 is 4.90 Å². The van der Waals surface area contributed by atoms with E-state index in [1.165, 1.54) is 6.07 Å². The molecule has 0 spiro atoms. The van der Waals surface area contributed by atoms with Crippen molar-refractivity contribution in [3.63, 3.8) is 0 Å². The summed E-state index contributed by atoms with van der Waals surface area (Å²) in [6.07, 6.45) is -1.57. The molecule has 1 fully saturated rings. The van der Waals surface area contributed by atoms with E-state index in [2.05, 4.69) is 9.97 Å². The molecule has 152 valence electrons. The van der Waals surface area contributed by atoms with E-state index in [0.29, 0.717) is 11.2 Å². The van der Waals surface area contributed by atoms with E-state index in [1.54, 1.807) is 10.6 Å². The molecule has 4 rings (SSSR count). The van der Waals surface area contributed by atoms with Crippen molar-refractivity contribution in [3.05, 3.63) is 41.9 Å². The van der Waals surface area contributed by atoms with Crippen LogP contribution in [0.1, 0.15) is 36.7 Å². The first kappa shape index (κ1) is 19.8. The Labute approximate surface area is 169 Å². The zero-order valence-corrected chi connectivity index (χ0v) is 16.7. The van der Waals surface area contributed by atoms with E-state index in [9.17, 15) is 18.0 Å². The van der Waals surface area contributed by atoms with Crippen molar-refractivity contribution in [1.82, 2.24) is 14.5 Å². The third-order valence-corrected chi connectivity index (χ3v) is 5.83. The standard InChI is InChI=1S/C20H19F3N4OS/c1-26(2)15-8-6-13(10-16(15)29-11-28)27-18(12-4-3-5-12)24-14-7-9-17(20(21,22)23)25-19(14)27/h6-12H,3-5H2,1-2H3. The Bertz CT molecular complexity index is 1070. The predicted octanol–water partition coefficient (Wildman–Crippen LogP) is 5.06. The summed E-state index contributed by atoms with van der Waals surface area (Å²) in [5.74, 6) is 0.909. The number of imidazole rings is 1. The van der Waals surface area contributed by atoms with E-state index < -0.39 is 11.9 Å². The third-order valence-electron chi connectivity index (χ3n) is 5.15. The summed E-state index contributed by atoms with van der Waals surface area (Å²) in [5, 5.41) is 0. The highest BCUT2D eigenvalue weighted by Crippen LogP contribution is 2.40. The molecule has 2 heterocycles. The number of thioether (sulfide) groups is 1. The molecule has 1 saturated carbocycles. The van der Waals surface area contributed by atoms with Crippen LogP contribution in [0.2, 0.25) is 0 Å². The molecule has 1 aliphatic rings. The molecule has 0 bridgehead atoms. The van der Waals surface area contributed by atoms with Gasteiger partial charge in [0.15, 0.2) is 11.3 Å². The van der Waals surface area contributed by atoms with Gasteiger partial charge in [0, 0.05) is 24.9 Å². The fourth-order valence-electron chi connectivity index (χ4n) is 3.49. The molecular weight excluding hydrogens is 401 g/mol. The highest BCUT2D eigenvalue weighted by Gasteiger charge is 2.34. The minimum absolute atomic E-state index is 0.182. The van der Waals surface area contributed by atoms with E-state index in [1.807, 2.05) is 31.1 Å². The van der Waals surface area contributed by atoms with Gasteiger partial charge in [-0.3, -0.25) is 9.36 Å². The zero-order valence-electron chi connectivity index (χ0n) is 15.9. The van der Waals surface area contributed by atoms with Crippen molar-refractivity contribution in [2.75, 3.05) is 19.0 Å². The van der Waals surface area contributed by atoms with Gasteiger partial charge in [0.25, 0.3) is 0 Å². The number of alkyl halides is 3. The molecule has 3 aromatic rings. The summed E-state index contributed by atoms with van der Waals surface area (Å²) in [5.41, 5.74) is 1.91. The van der Waals surface area contributed by atoms with E-state index in [-0.39, 0.29) is 11.6 Å². The molecule has 0 atom stereocenters. The van der Waals surface area contributed by atoms with Gasteiger partial charge in [0.05, 0.1) is 11.4 Å². The number of pyridine rings is 1. The maximum atomic E-state index is 13.3. The fourth-order valence-corrected chi connectivity index (χ4v) is 4.15. The van der Waals surface area contributed by atoms with Crippen molar-refractivity contribution in [2.45, 2.75) is 36.3 Å². The van der Waals surface area contributed by atoms with E-state index in [4.69, 9.17) is 0 Å². The number of hydrogen-bond donors (Lipinski definition) is 0. The highest BCUT2D eigenvalue weighted by atomic mass is 32.2. The first-order valence-corrected chi connectivity index (χ1v) is 10.1. The van der Waals surface area contributed by atoms with Crippen molar-refractivity contribution in [1.29, 1.82) is 0 Å². The number of fused-ring (bicyclic) bond motifs is 1. The van der Waals surface area contributed by atoms with Crippen LogP contribution < -0.4 is 4.90 Å². The van der Waals surface area contributed by atoms with Crippen molar-refractivity contribution < 1.29 is 18.0 Å². The average Bonchev–Trinajstić information content (AvgIpc) is 2.97. The summed E-state index contributed by atoms with van der Waals surface area (Å²) in [6.45, 7) is 0. The number of nitrogens with zero attached hydrogens (tertiary/aromatic N) is 4. The Kier molecular flexibility index (Phi) is 5.02. The summed E-state index contributed by atoms with van der Waals surface area (Å²) in [7, 11) is 3.74. The van der Waals surface area contributed by atoms with Crippen LogP contribution in [0.3, 0.4) is 0 Å². The first-order chi connectivity index (χ1) is 13.8. The van der Waals surface area contributed by atoms with Crippen molar-refractivity contribution in [2.24, 2.45) is 0 Å². The number of aromatic nitrogens is 3. The van der Waals surface area contributed by atoms with Crippen LogP contribution in [-0.4, -0.2) is 34.2 Å². The number of carbonyl (C=O) groups excluding carboxylic acids is 1. The quantitative estimate of drug-likeness (QED) is 0.427. The molecular formula is C20H19F3N4OS. The Morgan fingerprint density at radius 2 is 1.93 bits per heavy atom. The molecule has 0 aliphatic heterocycles. The summed E-state index contributed by atoms with van der Waals surface area (Å²) < 4.78 is 41.5. The maximum absolute atomic E-state index is 13.3. The Balaban J connectivity index is 1.95. The zero-order chi connectivity index (χ0) is 20.8. The topological polar surface area (TPSA) is 51.0 Å². The molecule has 1 aromatic carbocycles. The Morgan fingerprint density at radius 3 is 2.52 bits per heavy atom. The lowest BCUT2D eigenvalue weighted by Gasteiger charge is -2.26. The third kappa shape index (κ3) is 3.59. The molecule has 0 radical (unpaired) electrons. The second-order valence-corrected chi connectivity index (χ2v) is 8.10. The molecule has 0 saturated heterocycles. The SMILES string of the molecule is CN(C)c1ccc(-n2c(C3CCC3)nc3ccc(C(F)(F)F)nc32)cc1SC=O. The first-order valence-electron chi connectivity index (χ1n) is 9.18. The predicted molar refractivity (Wildman–Crippen MR) is 107 cm³/mol. The van der Waals surface area contributed by atoms with Gasteiger partial charge in [0.1, 0.15) is 17.0 Å². The largest absolute Gasteiger partial charge is 0.433 e. The van der Waals surface area contributed by atoms with Gasteiger partial charge in [-0.1, -0.05) is 18.2 Å². The van der Waals surface area contributed by atoms with Crippen LogP contribution in [0.4, 0.5) is 18.9 Å². The minimum atomic E-state index is -4.53. The van der Waals surface area contributed by atoms with Crippen LogP contribution in [0, 0.1) is 0 Å². The molecule has 29 heavy (non-hydrogen) atoms. The second kappa shape index (κ2) is 7.37. The van der Waals surface area contributed by atoms with Crippen LogP contribution in [0.5, 0.6) is 0 Å². The fraction of sp³-hybridized carbons (Fsp3) is 0.350. The van der Waals surface area contributed by atoms with Crippen molar-refractivity contribution >= 4 is 34.2 Å². The second-order valence-electron chi connectivity index (χ2n) is 7.23. The van der Waals surface area contributed by atoms with Crippen LogP contribution in [0.15, 0.2) is 35.2 Å². The monoisotopic (exact) mass is 420 g/mol. The van der Waals surface area contributed by atoms with Gasteiger partial charge in [-0.25, -0.2) is 9.97 Å².